The molecule has 1 aliphatic carbocycles. The summed E-state index contributed by atoms with van der Waals surface area (Å²) in [5, 5.41) is 0. The van der Waals surface area contributed by atoms with Crippen LogP contribution in [0.1, 0.15) is 112 Å². The third-order valence-corrected chi connectivity index (χ3v) is 7.00. The second kappa shape index (κ2) is 11.5. The van der Waals surface area contributed by atoms with Gasteiger partial charge in [-0.05, 0) is 41.9 Å². The van der Waals surface area contributed by atoms with Crippen LogP contribution in [0.15, 0.2) is 0 Å². The van der Waals surface area contributed by atoms with Crippen LogP contribution in [-0.2, 0) is 0 Å². The first-order valence-corrected chi connectivity index (χ1v) is 11.2. The first kappa shape index (κ1) is 21.0. The van der Waals surface area contributed by atoms with Crippen molar-refractivity contribution in [1.29, 1.82) is 0 Å². The van der Waals surface area contributed by atoms with Crippen molar-refractivity contribution < 1.29 is 0 Å². The quantitative estimate of drug-likeness (QED) is 0.360. The van der Waals surface area contributed by atoms with Gasteiger partial charge in [-0.15, -0.1) is 0 Å². The van der Waals surface area contributed by atoms with Gasteiger partial charge in [-0.2, -0.15) is 0 Å². The summed E-state index contributed by atoms with van der Waals surface area (Å²) in [5.74, 6) is 6.10. The molecule has 0 aliphatic heterocycles. The minimum atomic E-state index is 1.01. The molecule has 6 atom stereocenters. The highest BCUT2D eigenvalue weighted by molar-refractivity contribution is 4.95. The minimum absolute atomic E-state index is 1.01. The summed E-state index contributed by atoms with van der Waals surface area (Å²) in [7, 11) is 0. The molecule has 0 amide bonds. The molecular weight excluding hydrogens is 276 g/mol. The summed E-state index contributed by atoms with van der Waals surface area (Å²) < 4.78 is 0. The van der Waals surface area contributed by atoms with Gasteiger partial charge in [-0.25, -0.2) is 0 Å². The normalized spacial score (nSPS) is 34.7. The lowest BCUT2D eigenvalue weighted by Gasteiger charge is -2.53. The lowest BCUT2D eigenvalue weighted by Crippen LogP contribution is -2.46. The molecule has 1 aliphatic rings. The zero-order chi connectivity index (χ0) is 17.2. The maximum atomic E-state index is 2.48. The van der Waals surface area contributed by atoms with E-state index in [9.17, 15) is 0 Å². The number of rotatable bonds is 11. The Morgan fingerprint density at radius 2 is 0.739 bits per heavy atom. The van der Waals surface area contributed by atoms with E-state index in [4.69, 9.17) is 0 Å². The van der Waals surface area contributed by atoms with Gasteiger partial charge in [0.15, 0.2) is 0 Å². The van der Waals surface area contributed by atoms with Crippen LogP contribution in [-0.4, -0.2) is 0 Å². The summed E-state index contributed by atoms with van der Waals surface area (Å²) in [5.41, 5.74) is 0. The first-order valence-electron chi connectivity index (χ1n) is 11.2. The van der Waals surface area contributed by atoms with Crippen LogP contribution < -0.4 is 0 Å². The van der Waals surface area contributed by atoms with E-state index in [1.54, 1.807) is 0 Å². The van der Waals surface area contributed by atoms with Gasteiger partial charge >= 0.3 is 0 Å². The third-order valence-electron chi connectivity index (χ3n) is 7.00. The molecular formula is C23H46. The van der Waals surface area contributed by atoms with E-state index >= 15 is 0 Å². The van der Waals surface area contributed by atoms with E-state index in [-0.39, 0.29) is 0 Å². The summed E-state index contributed by atoms with van der Waals surface area (Å²) in [4.78, 5) is 0. The van der Waals surface area contributed by atoms with Gasteiger partial charge in [0.2, 0.25) is 0 Å². The molecule has 0 saturated heterocycles. The van der Waals surface area contributed by atoms with Gasteiger partial charge in [0, 0.05) is 0 Å². The topological polar surface area (TPSA) is 0 Å². The van der Waals surface area contributed by atoms with Crippen molar-refractivity contribution >= 4 is 0 Å². The Kier molecular flexibility index (Phi) is 10.6. The van der Waals surface area contributed by atoms with Gasteiger partial charge in [0.25, 0.3) is 0 Å². The Morgan fingerprint density at radius 1 is 0.391 bits per heavy atom. The van der Waals surface area contributed by atoms with Crippen molar-refractivity contribution in [3.8, 4) is 0 Å². The SMILES string of the molecule is CCCC[C@H]1[C@@H](CCC)[C@@H](CCC)[C@@H](CC)[C@@H](CC)[C@H]1CCC. The first-order chi connectivity index (χ1) is 11.2. The van der Waals surface area contributed by atoms with Crippen LogP contribution in [0.25, 0.3) is 0 Å². The fraction of sp³-hybridized carbons (Fsp3) is 1.00. The lowest BCUT2D eigenvalue weighted by atomic mass is 9.52. The zero-order valence-electron chi connectivity index (χ0n) is 17.2. The van der Waals surface area contributed by atoms with Crippen LogP contribution in [0.2, 0.25) is 0 Å². The lowest BCUT2D eigenvalue weighted by molar-refractivity contribution is -0.0413. The predicted octanol–water partition coefficient (Wildman–Crippen LogP) is 8.11. The Morgan fingerprint density at radius 3 is 1.04 bits per heavy atom. The monoisotopic (exact) mass is 322 g/mol. The van der Waals surface area contributed by atoms with E-state index < -0.39 is 0 Å². The Balaban J connectivity index is 3.14. The van der Waals surface area contributed by atoms with Gasteiger partial charge in [-0.3, -0.25) is 0 Å². The molecule has 0 aromatic rings. The Hall–Kier alpha value is 0. The van der Waals surface area contributed by atoms with Crippen molar-refractivity contribution in [2.24, 2.45) is 35.5 Å². The molecule has 1 saturated carbocycles. The maximum Gasteiger partial charge on any atom is -0.0352 e. The zero-order valence-corrected chi connectivity index (χ0v) is 17.2. The van der Waals surface area contributed by atoms with Crippen LogP contribution in [0, 0.1) is 35.5 Å². The van der Waals surface area contributed by atoms with Crippen LogP contribution in [0.3, 0.4) is 0 Å². The molecule has 1 rings (SSSR count). The second-order valence-corrected chi connectivity index (χ2v) is 8.31. The molecule has 0 aromatic heterocycles. The smallest absolute Gasteiger partial charge is 0.0352 e. The molecule has 0 bridgehead atoms. The fourth-order valence-electron chi connectivity index (χ4n) is 6.27. The van der Waals surface area contributed by atoms with Crippen molar-refractivity contribution in [2.75, 3.05) is 0 Å². The van der Waals surface area contributed by atoms with E-state index in [2.05, 4.69) is 41.5 Å². The molecule has 0 heterocycles. The van der Waals surface area contributed by atoms with Crippen molar-refractivity contribution in [3.63, 3.8) is 0 Å². The largest absolute Gasteiger partial charge is 0.0654 e. The molecule has 0 radical (unpaired) electrons. The highest BCUT2D eigenvalue weighted by Crippen LogP contribution is 2.54. The Labute approximate surface area is 148 Å². The van der Waals surface area contributed by atoms with Crippen molar-refractivity contribution in [2.45, 2.75) is 112 Å². The third kappa shape index (κ3) is 5.23. The summed E-state index contributed by atoms with van der Waals surface area (Å²) in [6.07, 6.45) is 15.8. The molecule has 0 unspecified atom stereocenters. The predicted molar refractivity (Wildman–Crippen MR) is 106 cm³/mol. The van der Waals surface area contributed by atoms with Crippen LogP contribution >= 0.6 is 0 Å². The average Bonchev–Trinajstić information content (AvgIpc) is 2.56. The standard InChI is InChI=1S/C23H46/c1-7-13-17-23-21(15-9-3)19(12-6)18(11-5)20(14-8-2)22(23)16-10-4/h18-23H,7-17H2,1-6H3/t18-,19+,20-,21+,22-,23+/m0/s1. The average molecular weight is 323 g/mol. The molecule has 0 N–H and O–H groups in total. The number of unbranched alkanes of at least 4 members (excludes halogenated alkanes) is 1. The van der Waals surface area contributed by atoms with Crippen molar-refractivity contribution in [3.05, 3.63) is 0 Å². The second-order valence-electron chi connectivity index (χ2n) is 8.31. The van der Waals surface area contributed by atoms with Gasteiger partial charge in [-0.1, -0.05) is 106 Å². The maximum absolute atomic E-state index is 2.48. The van der Waals surface area contributed by atoms with Gasteiger partial charge < -0.3 is 0 Å². The minimum Gasteiger partial charge on any atom is -0.0654 e. The molecule has 0 spiro atoms. The van der Waals surface area contributed by atoms with E-state index in [1.807, 2.05) is 0 Å². The van der Waals surface area contributed by atoms with Gasteiger partial charge in [0.1, 0.15) is 0 Å². The van der Waals surface area contributed by atoms with E-state index in [0.717, 1.165) is 35.5 Å². The van der Waals surface area contributed by atoms with Crippen LogP contribution in [0.5, 0.6) is 0 Å². The van der Waals surface area contributed by atoms with Gasteiger partial charge in [0.05, 0.1) is 0 Å². The van der Waals surface area contributed by atoms with Crippen LogP contribution in [0.4, 0.5) is 0 Å². The molecule has 138 valence electrons. The van der Waals surface area contributed by atoms with Crippen molar-refractivity contribution in [1.82, 2.24) is 0 Å². The highest BCUT2D eigenvalue weighted by Gasteiger charge is 2.46. The molecule has 0 heteroatoms. The Bertz CT molecular complexity index is 282. The number of hydrogen-bond donors (Lipinski definition) is 0. The summed E-state index contributed by atoms with van der Waals surface area (Å²) in [6.45, 7) is 14.6. The van der Waals surface area contributed by atoms with E-state index in [1.165, 1.54) is 70.6 Å². The molecule has 23 heavy (non-hydrogen) atoms. The fourth-order valence-corrected chi connectivity index (χ4v) is 6.27. The summed E-state index contributed by atoms with van der Waals surface area (Å²) in [6, 6.07) is 0. The van der Waals surface area contributed by atoms with E-state index in [0.29, 0.717) is 0 Å². The molecule has 0 aromatic carbocycles. The number of hydrogen-bond acceptors (Lipinski definition) is 0. The highest BCUT2D eigenvalue weighted by atomic mass is 14.5. The molecule has 1 fully saturated rings. The molecule has 0 nitrogen and oxygen atoms in total. The summed E-state index contributed by atoms with van der Waals surface area (Å²) >= 11 is 0.